The van der Waals surface area contributed by atoms with Gasteiger partial charge in [-0.25, -0.2) is 4.39 Å². The Morgan fingerprint density at radius 3 is 2.57 bits per heavy atom. The number of likely N-dealkylation sites (tertiary alicyclic amines) is 1. The van der Waals surface area contributed by atoms with Gasteiger partial charge < -0.3 is 19.3 Å². The molecule has 0 N–H and O–H groups in total. The molecule has 2 aliphatic heterocycles. The quantitative estimate of drug-likeness (QED) is 0.652. The van der Waals surface area contributed by atoms with Crippen molar-refractivity contribution in [3.8, 4) is 5.75 Å². The van der Waals surface area contributed by atoms with Crippen molar-refractivity contribution in [1.29, 1.82) is 0 Å². The lowest BCUT2D eigenvalue weighted by Crippen LogP contribution is -2.48. The molecule has 3 aliphatic rings. The zero-order valence-corrected chi connectivity index (χ0v) is 20.4. The second kappa shape index (κ2) is 9.97. The third kappa shape index (κ3) is 5.19. The van der Waals surface area contributed by atoms with Crippen LogP contribution in [0, 0.1) is 5.82 Å². The van der Waals surface area contributed by atoms with E-state index in [0.29, 0.717) is 50.5 Å². The van der Waals surface area contributed by atoms with Gasteiger partial charge in [-0.2, -0.15) is 5.10 Å². The van der Waals surface area contributed by atoms with Gasteiger partial charge in [-0.15, -0.1) is 0 Å². The van der Waals surface area contributed by atoms with Crippen molar-refractivity contribution in [2.45, 2.75) is 70.8 Å². The first kappa shape index (κ1) is 23.8. The molecule has 2 atom stereocenters. The number of benzene rings is 1. The Bertz CT molecular complexity index is 1090. The molecule has 2 saturated heterocycles. The molecule has 0 bridgehead atoms. The summed E-state index contributed by atoms with van der Waals surface area (Å²) >= 11 is 0. The van der Waals surface area contributed by atoms with E-state index in [9.17, 15) is 14.0 Å². The Morgan fingerprint density at radius 2 is 1.86 bits per heavy atom. The average molecular weight is 485 g/mol. The van der Waals surface area contributed by atoms with Gasteiger partial charge in [0.25, 0.3) is 5.91 Å². The molecule has 1 aromatic carbocycles. The van der Waals surface area contributed by atoms with E-state index in [1.165, 1.54) is 12.1 Å². The first-order valence-corrected chi connectivity index (χ1v) is 12.6. The maximum atomic E-state index is 13.4. The molecule has 8 nitrogen and oxygen atoms in total. The van der Waals surface area contributed by atoms with Crippen molar-refractivity contribution < 1.29 is 23.5 Å². The average Bonchev–Trinajstić information content (AvgIpc) is 3.42. The number of aromatic nitrogens is 2. The number of halogens is 1. The molecule has 1 aliphatic carbocycles. The van der Waals surface area contributed by atoms with E-state index in [4.69, 9.17) is 9.47 Å². The number of fused-ring (bicyclic) bond motifs is 1. The summed E-state index contributed by atoms with van der Waals surface area (Å²) in [5.41, 5.74) is 2.51. The van der Waals surface area contributed by atoms with E-state index in [2.05, 4.69) is 5.10 Å². The molecule has 0 spiro atoms. The Kier molecular flexibility index (Phi) is 6.77. The van der Waals surface area contributed by atoms with Gasteiger partial charge in [0.15, 0.2) is 5.69 Å². The lowest BCUT2D eigenvalue weighted by atomic mass is 10.1. The van der Waals surface area contributed by atoms with Gasteiger partial charge in [-0.05, 0) is 45.2 Å². The Labute approximate surface area is 205 Å². The number of ether oxygens (including phenoxy) is 2. The zero-order chi connectivity index (χ0) is 24.5. The SMILES string of the molecule is C[C@@H]1CN(C(=O)c2nn(CC(=O)N3CCC(Oc4cccc(F)c4)CC3)c3c2CCC3)C[C@H](C)O1. The molecule has 2 amide bonds. The smallest absolute Gasteiger partial charge is 0.274 e. The Balaban J connectivity index is 1.21. The van der Waals surface area contributed by atoms with Crippen molar-refractivity contribution in [3.63, 3.8) is 0 Å². The second-order valence-corrected chi connectivity index (χ2v) is 9.91. The number of carbonyl (C=O) groups is 2. The largest absolute Gasteiger partial charge is 0.490 e. The van der Waals surface area contributed by atoms with Gasteiger partial charge in [0.2, 0.25) is 5.91 Å². The summed E-state index contributed by atoms with van der Waals surface area (Å²) in [5.74, 6) is 0.131. The summed E-state index contributed by atoms with van der Waals surface area (Å²) in [6.07, 6.45) is 3.95. The topological polar surface area (TPSA) is 76.9 Å². The maximum Gasteiger partial charge on any atom is 0.274 e. The molecular formula is C26H33FN4O4. The minimum atomic E-state index is -0.322. The predicted molar refractivity (Wildman–Crippen MR) is 127 cm³/mol. The summed E-state index contributed by atoms with van der Waals surface area (Å²) in [6.45, 7) is 6.36. The lowest BCUT2D eigenvalue weighted by molar-refractivity contribution is -0.133. The fourth-order valence-electron chi connectivity index (χ4n) is 5.49. The molecule has 0 unspecified atom stereocenters. The molecule has 35 heavy (non-hydrogen) atoms. The van der Waals surface area contributed by atoms with E-state index in [1.807, 2.05) is 23.6 Å². The molecule has 3 heterocycles. The molecule has 9 heteroatoms. The van der Waals surface area contributed by atoms with Crippen LogP contribution in [0.25, 0.3) is 0 Å². The molecule has 0 radical (unpaired) electrons. The number of rotatable bonds is 5. The molecule has 5 rings (SSSR count). The normalized spacial score (nSPS) is 22.8. The predicted octanol–water partition coefficient (Wildman–Crippen LogP) is 2.83. The number of morpholine rings is 1. The van der Waals surface area contributed by atoms with Gasteiger partial charge in [0.1, 0.15) is 24.2 Å². The van der Waals surface area contributed by atoms with Crippen molar-refractivity contribution in [2.75, 3.05) is 26.2 Å². The van der Waals surface area contributed by atoms with Crippen LogP contribution in [0.5, 0.6) is 5.75 Å². The molecule has 2 aromatic rings. The van der Waals surface area contributed by atoms with Crippen molar-refractivity contribution in [1.82, 2.24) is 19.6 Å². The van der Waals surface area contributed by atoms with E-state index < -0.39 is 0 Å². The number of carbonyl (C=O) groups excluding carboxylic acids is 2. The van der Waals surface area contributed by atoms with Crippen molar-refractivity contribution in [2.24, 2.45) is 0 Å². The number of hydrogen-bond acceptors (Lipinski definition) is 5. The van der Waals surface area contributed by atoms with Crippen LogP contribution in [0.2, 0.25) is 0 Å². The van der Waals surface area contributed by atoms with Crippen LogP contribution in [0.4, 0.5) is 4.39 Å². The summed E-state index contributed by atoms with van der Waals surface area (Å²) < 4.78 is 26.8. The molecule has 2 fully saturated rings. The van der Waals surface area contributed by atoms with Crippen LogP contribution in [0.1, 0.15) is 54.9 Å². The first-order chi connectivity index (χ1) is 16.9. The van der Waals surface area contributed by atoms with Gasteiger partial charge in [0, 0.05) is 56.3 Å². The van der Waals surface area contributed by atoms with Crippen LogP contribution in [-0.2, 0) is 28.9 Å². The zero-order valence-electron chi connectivity index (χ0n) is 20.4. The van der Waals surface area contributed by atoms with E-state index in [1.54, 1.807) is 16.8 Å². The number of nitrogens with zero attached hydrogens (tertiary/aromatic N) is 4. The molecule has 1 aromatic heterocycles. The number of hydrogen-bond donors (Lipinski definition) is 0. The van der Waals surface area contributed by atoms with Gasteiger partial charge >= 0.3 is 0 Å². The molecule has 0 saturated carbocycles. The fraction of sp³-hybridized carbons (Fsp3) is 0.577. The Hall–Kier alpha value is -2.94. The minimum Gasteiger partial charge on any atom is -0.490 e. The molecular weight excluding hydrogens is 451 g/mol. The van der Waals surface area contributed by atoms with Crippen LogP contribution in [0.3, 0.4) is 0 Å². The van der Waals surface area contributed by atoms with Gasteiger partial charge in [-0.3, -0.25) is 14.3 Å². The van der Waals surface area contributed by atoms with E-state index in [-0.39, 0.29) is 42.5 Å². The third-order valence-corrected chi connectivity index (χ3v) is 7.09. The summed E-state index contributed by atoms with van der Waals surface area (Å²) in [7, 11) is 0. The van der Waals surface area contributed by atoms with Crippen LogP contribution >= 0.6 is 0 Å². The highest BCUT2D eigenvalue weighted by atomic mass is 19.1. The van der Waals surface area contributed by atoms with Crippen LogP contribution in [0.15, 0.2) is 24.3 Å². The highest BCUT2D eigenvalue weighted by Crippen LogP contribution is 2.28. The summed E-state index contributed by atoms with van der Waals surface area (Å²) in [5, 5.41) is 4.65. The standard InChI is InChI=1S/C26H33FN4O4/c1-17-14-30(15-18(2)34-17)26(33)25-22-7-4-8-23(22)31(28-25)16-24(32)29-11-9-20(10-12-29)35-21-6-3-5-19(27)13-21/h3,5-6,13,17-18,20H,4,7-12,14-16H2,1-2H3/t17-,18+. The number of amides is 2. The molecule has 188 valence electrons. The minimum absolute atomic E-state index is 0.000906. The van der Waals surface area contributed by atoms with E-state index >= 15 is 0 Å². The lowest BCUT2D eigenvalue weighted by Gasteiger charge is -2.35. The first-order valence-electron chi connectivity index (χ1n) is 12.6. The van der Waals surface area contributed by atoms with Crippen LogP contribution in [-0.4, -0.2) is 75.9 Å². The highest BCUT2D eigenvalue weighted by molar-refractivity contribution is 5.94. The van der Waals surface area contributed by atoms with Crippen LogP contribution < -0.4 is 4.74 Å². The van der Waals surface area contributed by atoms with Gasteiger partial charge in [0.05, 0.1) is 12.2 Å². The Morgan fingerprint density at radius 1 is 1.11 bits per heavy atom. The maximum absolute atomic E-state index is 13.4. The van der Waals surface area contributed by atoms with Crippen molar-refractivity contribution in [3.05, 3.63) is 47.0 Å². The highest BCUT2D eigenvalue weighted by Gasteiger charge is 2.33. The third-order valence-electron chi connectivity index (χ3n) is 7.09. The van der Waals surface area contributed by atoms with Crippen molar-refractivity contribution >= 4 is 11.8 Å². The summed E-state index contributed by atoms with van der Waals surface area (Å²) in [6, 6.07) is 6.15. The van der Waals surface area contributed by atoms with Gasteiger partial charge in [-0.1, -0.05) is 6.07 Å². The number of piperidine rings is 1. The monoisotopic (exact) mass is 484 g/mol. The second-order valence-electron chi connectivity index (χ2n) is 9.91. The summed E-state index contributed by atoms with van der Waals surface area (Å²) in [4.78, 5) is 30.1. The van der Waals surface area contributed by atoms with E-state index in [0.717, 1.165) is 30.5 Å². The fourth-order valence-corrected chi connectivity index (χ4v) is 5.49.